The van der Waals surface area contributed by atoms with E-state index in [0.717, 1.165) is 12.1 Å². The number of nitro benzene ring substituents is 1. The third kappa shape index (κ3) is 2.89. The lowest BCUT2D eigenvalue weighted by Crippen LogP contribution is -2.11. The van der Waals surface area contributed by atoms with Crippen molar-refractivity contribution < 1.29 is 21.9 Å². The second-order valence-corrected chi connectivity index (χ2v) is 4.48. The molecule has 1 aromatic rings. The van der Waals surface area contributed by atoms with Crippen LogP contribution in [0, 0.1) is 17.0 Å². The molecule has 6 nitrogen and oxygen atoms in total. The lowest BCUT2D eigenvalue weighted by atomic mass is 10.2. The highest BCUT2D eigenvalue weighted by Crippen LogP contribution is 2.28. The van der Waals surface area contributed by atoms with Crippen LogP contribution in [0.5, 0.6) is 5.75 Å². The van der Waals surface area contributed by atoms with E-state index in [1.165, 1.54) is 6.07 Å². The first-order chi connectivity index (χ1) is 7.35. The summed E-state index contributed by atoms with van der Waals surface area (Å²) >= 11 is 0. The van der Waals surface area contributed by atoms with Crippen LogP contribution < -0.4 is 4.18 Å². The van der Waals surface area contributed by atoms with Gasteiger partial charge >= 0.3 is 15.8 Å². The Kier molecular flexibility index (Phi) is 3.43. The summed E-state index contributed by atoms with van der Waals surface area (Å²) in [5, 5.41) is 10.6. The van der Waals surface area contributed by atoms with E-state index >= 15 is 0 Å². The van der Waals surface area contributed by atoms with Gasteiger partial charge in [0.2, 0.25) is 11.8 Å². The van der Waals surface area contributed by atoms with Gasteiger partial charge in [0.1, 0.15) is 0 Å². The summed E-state index contributed by atoms with van der Waals surface area (Å²) in [5.74, 6) is -0.492. The van der Waals surface area contributed by atoms with Gasteiger partial charge in [-0.1, -0.05) is 6.07 Å². The van der Waals surface area contributed by atoms with Crippen molar-refractivity contribution in [3.05, 3.63) is 33.9 Å². The minimum atomic E-state index is -4.41. The topological polar surface area (TPSA) is 86.5 Å². The van der Waals surface area contributed by atoms with Crippen molar-refractivity contribution in [3.8, 4) is 5.75 Å². The molecule has 0 bridgehead atoms. The fourth-order valence-corrected chi connectivity index (χ4v) is 1.46. The largest absolute Gasteiger partial charge is 0.373 e. The summed E-state index contributed by atoms with van der Waals surface area (Å²) < 4.78 is 37.9. The Labute approximate surface area is 90.9 Å². The second kappa shape index (κ2) is 4.44. The Hall–Kier alpha value is -1.70. The molecule has 0 aliphatic carbocycles. The van der Waals surface area contributed by atoms with Crippen molar-refractivity contribution in [2.45, 2.75) is 6.92 Å². The summed E-state index contributed by atoms with van der Waals surface area (Å²) in [5.41, 5.74) is 0.0497. The van der Waals surface area contributed by atoms with Crippen LogP contribution in [0.3, 0.4) is 0 Å². The van der Waals surface area contributed by atoms with Crippen LogP contribution in [0.2, 0.25) is 0 Å². The van der Waals surface area contributed by atoms with Crippen LogP contribution in [0.1, 0.15) is 5.56 Å². The number of nitro groups is 1. The lowest BCUT2D eigenvalue weighted by molar-refractivity contribution is -0.385. The number of aryl methyl sites for hydroxylation is 1. The zero-order chi connectivity index (χ0) is 12.3. The van der Waals surface area contributed by atoms with Crippen LogP contribution in [-0.4, -0.2) is 19.3 Å². The van der Waals surface area contributed by atoms with E-state index in [4.69, 9.17) is 0 Å². The third-order valence-electron chi connectivity index (χ3n) is 1.66. The van der Waals surface area contributed by atoms with Crippen molar-refractivity contribution in [1.82, 2.24) is 0 Å². The van der Waals surface area contributed by atoms with Gasteiger partial charge in [0, 0.05) is 6.07 Å². The van der Waals surface area contributed by atoms with Gasteiger partial charge in [0.25, 0.3) is 0 Å². The van der Waals surface area contributed by atoms with Crippen LogP contribution in [-0.2, 0) is 10.1 Å². The molecule has 0 heterocycles. The van der Waals surface area contributed by atoms with Gasteiger partial charge in [-0.15, -0.1) is 0 Å². The Bertz CT molecular complexity index is 513. The predicted molar refractivity (Wildman–Crippen MR) is 53.4 cm³/mol. The molecule has 0 aromatic heterocycles. The van der Waals surface area contributed by atoms with Crippen LogP contribution >= 0.6 is 0 Å². The molecule has 0 amide bonds. The fraction of sp³-hybridized carbons (Fsp3) is 0.250. The van der Waals surface area contributed by atoms with E-state index in [0.29, 0.717) is 5.56 Å². The number of nitrogens with zero attached hydrogens (tertiary/aromatic N) is 1. The average Bonchev–Trinajstić information content (AvgIpc) is 2.20. The monoisotopic (exact) mass is 249 g/mol. The van der Waals surface area contributed by atoms with Crippen molar-refractivity contribution in [3.63, 3.8) is 0 Å². The van der Waals surface area contributed by atoms with Gasteiger partial charge in [-0.05, 0) is 18.6 Å². The average molecular weight is 249 g/mol. The Morgan fingerprint density at radius 2 is 2.12 bits per heavy atom. The molecule has 0 saturated carbocycles. The Morgan fingerprint density at radius 3 is 2.62 bits per heavy atom. The van der Waals surface area contributed by atoms with E-state index in [2.05, 4.69) is 4.18 Å². The van der Waals surface area contributed by atoms with E-state index < -0.39 is 32.5 Å². The molecule has 0 atom stereocenters. The standard InChI is InChI=1S/C8H8FNO5S/c1-6-2-3-8(7(4-6)10(11)12)15-16(13,14)5-9/h2-4H,5H2,1H3. The second-order valence-electron chi connectivity index (χ2n) is 2.98. The zero-order valence-electron chi connectivity index (χ0n) is 8.21. The highest BCUT2D eigenvalue weighted by atomic mass is 32.2. The maximum atomic E-state index is 12.0. The van der Waals surface area contributed by atoms with Crippen LogP contribution in [0.4, 0.5) is 10.1 Å². The molecule has 0 saturated heterocycles. The highest BCUT2D eigenvalue weighted by Gasteiger charge is 2.21. The molecule has 16 heavy (non-hydrogen) atoms. The number of hydrogen-bond acceptors (Lipinski definition) is 5. The van der Waals surface area contributed by atoms with Gasteiger partial charge < -0.3 is 4.18 Å². The van der Waals surface area contributed by atoms with Gasteiger partial charge in [0.15, 0.2) is 0 Å². The number of rotatable bonds is 4. The van der Waals surface area contributed by atoms with E-state index in [-0.39, 0.29) is 0 Å². The van der Waals surface area contributed by atoms with Crippen molar-refractivity contribution in [2.75, 3.05) is 6.01 Å². The first-order valence-corrected chi connectivity index (χ1v) is 5.66. The van der Waals surface area contributed by atoms with E-state index in [1.54, 1.807) is 6.92 Å². The number of alkyl halides is 1. The first kappa shape index (κ1) is 12.4. The third-order valence-corrected chi connectivity index (χ3v) is 2.36. The molecule has 0 aliphatic rings. The van der Waals surface area contributed by atoms with Gasteiger partial charge in [-0.25, -0.2) is 4.39 Å². The van der Waals surface area contributed by atoms with Crippen molar-refractivity contribution >= 4 is 15.8 Å². The Morgan fingerprint density at radius 1 is 1.50 bits per heavy atom. The molecular formula is C8H8FNO5S. The van der Waals surface area contributed by atoms with Gasteiger partial charge in [0.05, 0.1) is 4.92 Å². The minimum Gasteiger partial charge on any atom is -0.373 e. The lowest BCUT2D eigenvalue weighted by Gasteiger charge is -2.04. The molecule has 0 aliphatic heterocycles. The summed E-state index contributed by atoms with van der Waals surface area (Å²) in [4.78, 5) is 9.79. The minimum absolute atomic E-state index is 0.492. The Balaban J connectivity index is 3.19. The summed E-state index contributed by atoms with van der Waals surface area (Å²) in [6, 6.07) is 1.94. The molecule has 8 heteroatoms. The number of benzene rings is 1. The quantitative estimate of drug-likeness (QED) is 0.459. The summed E-state index contributed by atoms with van der Waals surface area (Å²) in [7, 11) is -4.41. The van der Waals surface area contributed by atoms with Gasteiger partial charge in [-0.3, -0.25) is 10.1 Å². The fourth-order valence-electron chi connectivity index (χ4n) is 1.000. The zero-order valence-corrected chi connectivity index (χ0v) is 9.03. The van der Waals surface area contributed by atoms with Gasteiger partial charge in [-0.2, -0.15) is 8.42 Å². The SMILES string of the molecule is Cc1ccc(OS(=O)(=O)CF)c([N+](=O)[O-])c1. The summed E-state index contributed by atoms with van der Waals surface area (Å²) in [6.45, 7) is 1.60. The molecule has 0 N–H and O–H groups in total. The van der Waals surface area contributed by atoms with E-state index in [1.807, 2.05) is 0 Å². The van der Waals surface area contributed by atoms with Crippen molar-refractivity contribution in [2.24, 2.45) is 0 Å². The molecule has 1 rings (SSSR count). The molecule has 0 radical (unpaired) electrons. The molecule has 0 spiro atoms. The number of hydrogen-bond donors (Lipinski definition) is 0. The smallest absolute Gasteiger partial charge is 0.339 e. The molecule has 88 valence electrons. The predicted octanol–water partition coefficient (Wildman–Crippen LogP) is 1.54. The molecule has 1 aromatic carbocycles. The maximum Gasteiger partial charge on any atom is 0.339 e. The summed E-state index contributed by atoms with van der Waals surface area (Å²) in [6.07, 6.45) is 0. The number of halogens is 1. The molecule has 0 unspecified atom stereocenters. The highest BCUT2D eigenvalue weighted by molar-refractivity contribution is 7.86. The van der Waals surface area contributed by atoms with Crippen LogP contribution in [0.25, 0.3) is 0 Å². The van der Waals surface area contributed by atoms with Crippen LogP contribution in [0.15, 0.2) is 18.2 Å². The maximum absolute atomic E-state index is 12.0. The molecular weight excluding hydrogens is 241 g/mol. The molecule has 0 fully saturated rings. The normalized spacial score (nSPS) is 11.1. The van der Waals surface area contributed by atoms with Crippen molar-refractivity contribution in [1.29, 1.82) is 0 Å². The first-order valence-electron chi connectivity index (χ1n) is 4.09. The van der Waals surface area contributed by atoms with E-state index in [9.17, 15) is 22.9 Å².